The second-order valence-corrected chi connectivity index (χ2v) is 4.81. The lowest BCUT2D eigenvalue weighted by molar-refractivity contribution is -0.000325. The third-order valence-corrected chi connectivity index (χ3v) is 3.54. The van der Waals surface area contributed by atoms with Gasteiger partial charge in [-0.3, -0.25) is 4.98 Å². The van der Waals surface area contributed by atoms with E-state index in [0.717, 1.165) is 32.4 Å². The van der Waals surface area contributed by atoms with E-state index in [4.69, 9.17) is 4.74 Å². The molecule has 1 aromatic rings. The molecular weight excluding hydrogens is 212 g/mol. The molecule has 2 heterocycles. The lowest BCUT2D eigenvalue weighted by Gasteiger charge is -2.29. The molecule has 94 valence electrons. The summed E-state index contributed by atoms with van der Waals surface area (Å²) in [6, 6.07) is 2.69. The van der Waals surface area contributed by atoms with Gasteiger partial charge in [0.15, 0.2) is 0 Å². The van der Waals surface area contributed by atoms with Gasteiger partial charge in [0.1, 0.15) is 0 Å². The number of aryl methyl sites for hydroxylation is 1. The van der Waals surface area contributed by atoms with Crippen LogP contribution in [0.25, 0.3) is 0 Å². The van der Waals surface area contributed by atoms with Gasteiger partial charge in [-0.2, -0.15) is 0 Å². The number of hydrogen-bond donors (Lipinski definition) is 1. The lowest BCUT2D eigenvalue weighted by Crippen LogP contribution is -2.38. The van der Waals surface area contributed by atoms with Gasteiger partial charge in [0.2, 0.25) is 0 Å². The number of hydrogen-bond acceptors (Lipinski definition) is 3. The SMILES string of the molecule is CCC1CC(NCc2ccncc2C)CCO1. The first-order chi connectivity index (χ1) is 8.29. The molecule has 1 aromatic heterocycles. The standard InChI is InChI=1S/C14H22N2O/c1-3-14-8-13(5-7-17-14)16-10-12-4-6-15-9-11(12)2/h4,6,9,13-14,16H,3,5,7-8,10H2,1-2H3. The molecule has 0 spiro atoms. The molecule has 1 aliphatic heterocycles. The Kier molecular flexibility index (Phi) is 4.51. The Morgan fingerprint density at radius 3 is 3.18 bits per heavy atom. The highest BCUT2D eigenvalue weighted by atomic mass is 16.5. The summed E-state index contributed by atoms with van der Waals surface area (Å²) in [6.45, 7) is 6.14. The summed E-state index contributed by atoms with van der Waals surface area (Å²) in [5, 5.41) is 3.64. The summed E-state index contributed by atoms with van der Waals surface area (Å²) >= 11 is 0. The van der Waals surface area contributed by atoms with Crippen LogP contribution in [0.5, 0.6) is 0 Å². The average Bonchev–Trinajstić information content (AvgIpc) is 2.38. The minimum Gasteiger partial charge on any atom is -0.378 e. The van der Waals surface area contributed by atoms with E-state index in [1.807, 2.05) is 12.4 Å². The molecule has 1 N–H and O–H groups in total. The molecule has 2 atom stereocenters. The maximum absolute atomic E-state index is 5.68. The van der Waals surface area contributed by atoms with Crippen molar-refractivity contribution in [2.75, 3.05) is 6.61 Å². The van der Waals surface area contributed by atoms with Gasteiger partial charge >= 0.3 is 0 Å². The molecule has 1 saturated heterocycles. The summed E-state index contributed by atoms with van der Waals surface area (Å²) < 4.78 is 5.68. The van der Waals surface area contributed by atoms with Crippen LogP contribution in [0.15, 0.2) is 18.5 Å². The minimum absolute atomic E-state index is 0.444. The summed E-state index contributed by atoms with van der Waals surface area (Å²) in [5.41, 5.74) is 2.61. The molecule has 2 rings (SSSR count). The Balaban J connectivity index is 1.84. The van der Waals surface area contributed by atoms with Crippen molar-refractivity contribution in [2.45, 2.75) is 51.8 Å². The fourth-order valence-electron chi connectivity index (χ4n) is 2.30. The first kappa shape index (κ1) is 12.5. The van der Waals surface area contributed by atoms with Crippen LogP contribution < -0.4 is 5.32 Å². The third kappa shape index (κ3) is 3.51. The maximum Gasteiger partial charge on any atom is 0.0587 e. The Bertz CT molecular complexity index is 354. The Labute approximate surface area is 104 Å². The quantitative estimate of drug-likeness (QED) is 0.869. The zero-order valence-electron chi connectivity index (χ0n) is 10.8. The molecule has 0 amide bonds. The molecule has 17 heavy (non-hydrogen) atoms. The van der Waals surface area contributed by atoms with Gasteiger partial charge < -0.3 is 10.1 Å². The van der Waals surface area contributed by atoms with Gasteiger partial charge in [0.25, 0.3) is 0 Å². The number of nitrogens with zero attached hydrogens (tertiary/aromatic N) is 1. The van der Waals surface area contributed by atoms with Crippen LogP contribution in [0.3, 0.4) is 0 Å². The van der Waals surface area contributed by atoms with Crippen LogP contribution in [0.1, 0.15) is 37.3 Å². The van der Waals surface area contributed by atoms with Crippen molar-refractivity contribution >= 4 is 0 Å². The molecule has 0 saturated carbocycles. The van der Waals surface area contributed by atoms with E-state index >= 15 is 0 Å². The maximum atomic E-state index is 5.68. The van der Waals surface area contributed by atoms with Crippen LogP contribution in [0.4, 0.5) is 0 Å². The van der Waals surface area contributed by atoms with Gasteiger partial charge in [0.05, 0.1) is 6.10 Å². The summed E-state index contributed by atoms with van der Waals surface area (Å²) in [7, 11) is 0. The predicted molar refractivity (Wildman–Crippen MR) is 68.9 cm³/mol. The van der Waals surface area contributed by atoms with Crippen molar-refractivity contribution in [3.05, 3.63) is 29.6 Å². The fraction of sp³-hybridized carbons (Fsp3) is 0.643. The predicted octanol–water partition coefficient (Wildman–Crippen LogP) is 2.44. The van der Waals surface area contributed by atoms with E-state index in [9.17, 15) is 0 Å². The largest absolute Gasteiger partial charge is 0.378 e. The van der Waals surface area contributed by atoms with E-state index in [1.54, 1.807) is 0 Å². The molecule has 1 aliphatic rings. The van der Waals surface area contributed by atoms with E-state index in [1.165, 1.54) is 11.1 Å². The molecule has 3 nitrogen and oxygen atoms in total. The molecule has 0 aromatic carbocycles. The van der Waals surface area contributed by atoms with Gasteiger partial charge in [-0.25, -0.2) is 0 Å². The zero-order chi connectivity index (χ0) is 12.1. The molecule has 2 unspecified atom stereocenters. The molecule has 0 radical (unpaired) electrons. The van der Waals surface area contributed by atoms with Crippen LogP contribution in [0, 0.1) is 6.92 Å². The number of aromatic nitrogens is 1. The lowest BCUT2D eigenvalue weighted by atomic mass is 10.0. The second-order valence-electron chi connectivity index (χ2n) is 4.81. The summed E-state index contributed by atoms with van der Waals surface area (Å²) in [4.78, 5) is 4.12. The number of nitrogens with one attached hydrogen (secondary N) is 1. The summed E-state index contributed by atoms with van der Waals surface area (Å²) in [6.07, 6.45) is 7.62. The third-order valence-electron chi connectivity index (χ3n) is 3.54. The smallest absolute Gasteiger partial charge is 0.0587 e. The van der Waals surface area contributed by atoms with E-state index < -0.39 is 0 Å². The fourth-order valence-corrected chi connectivity index (χ4v) is 2.30. The van der Waals surface area contributed by atoms with Crippen molar-refractivity contribution in [1.82, 2.24) is 10.3 Å². The van der Waals surface area contributed by atoms with Gasteiger partial charge in [-0.1, -0.05) is 6.92 Å². The second kappa shape index (κ2) is 6.12. The van der Waals surface area contributed by atoms with Crippen LogP contribution in [0.2, 0.25) is 0 Å². The number of pyridine rings is 1. The Morgan fingerprint density at radius 1 is 1.53 bits per heavy atom. The highest BCUT2D eigenvalue weighted by Crippen LogP contribution is 2.17. The first-order valence-corrected chi connectivity index (χ1v) is 6.54. The molecule has 1 fully saturated rings. The first-order valence-electron chi connectivity index (χ1n) is 6.54. The summed E-state index contributed by atoms with van der Waals surface area (Å²) in [5.74, 6) is 0. The zero-order valence-corrected chi connectivity index (χ0v) is 10.8. The normalized spacial score (nSPS) is 24.8. The van der Waals surface area contributed by atoms with Crippen molar-refractivity contribution in [2.24, 2.45) is 0 Å². The van der Waals surface area contributed by atoms with Crippen molar-refractivity contribution in [1.29, 1.82) is 0 Å². The Morgan fingerprint density at radius 2 is 2.41 bits per heavy atom. The highest BCUT2D eigenvalue weighted by molar-refractivity contribution is 5.21. The van der Waals surface area contributed by atoms with Crippen molar-refractivity contribution in [3.63, 3.8) is 0 Å². The number of ether oxygens (including phenoxy) is 1. The molecular formula is C14H22N2O. The van der Waals surface area contributed by atoms with Crippen molar-refractivity contribution in [3.8, 4) is 0 Å². The average molecular weight is 234 g/mol. The van der Waals surface area contributed by atoms with Gasteiger partial charge in [-0.15, -0.1) is 0 Å². The number of rotatable bonds is 4. The van der Waals surface area contributed by atoms with E-state index in [0.29, 0.717) is 12.1 Å². The topological polar surface area (TPSA) is 34.2 Å². The van der Waals surface area contributed by atoms with Crippen molar-refractivity contribution < 1.29 is 4.74 Å². The van der Waals surface area contributed by atoms with E-state index in [2.05, 4.69) is 30.2 Å². The molecule has 0 bridgehead atoms. The monoisotopic (exact) mass is 234 g/mol. The highest BCUT2D eigenvalue weighted by Gasteiger charge is 2.20. The van der Waals surface area contributed by atoms with Gasteiger partial charge in [0, 0.05) is 31.6 Å². The van der Waals surface area contributed by atoms with Crippen LogP contribution in [-0.4, -0.2) is 23.7 Å². The van der Waals surface area contributed by atoms with Crippen LogP contribution in [-0.2, 0) is 11.3 Å². The molecule has 3 heteroatoms. The van der Waals surface area contributed by atoms with Crippen LogP contribution >= 0.6 is 0 Å². The van der Waals surface area contributed by atoms with Gasteiger partial charge in [-0.05, 0) is 43.4 Å². The molecule has 0 aliphatic carbocycles. The Hall–Kier alpha value is -0.930. The van der Waals surface area contributed by atoms with E-state index in [-0.39, 0.29) is 0 Å². The minimum atomic E-state index is 0.444.